The topological polar surface area (TPSA) is 101 Å². The highest BCUT2D eigenvalue weighted by Gasteiger charge is 2.43. The molecule has 0 fully saturated rings. The van der Waals surface area contributed by atoms with Crippen molar-refractivity contribution in [3.05, 3.63) is 24.3 Å². The van der Waals surface area contributed by atoms with E-state index in [9.17, 15) is 14.7 Å². The Labute approximate surface area is 118 Å². The molecule has 1 atom stereocenters. The second-order valence-corrected chi connectivity index (χ2v) is 5.87. The van der Waals surface area contributed by atoms with Crippen molar-refractivity contribution < 1.29 is 24.2 Å². The average molecular weight is 295 g/mol. The summed E-state index contributed by atoms with van der Waals surface area (Å²) in [6, 6.07) is 7.01. The molecule has 0 aliphatic carbocycles. The lowest BCUT2D eigenvalue weighted by molar-refractivity contribution is -0.152. The Bertz CT molecular complexity index is 631. The van der Waals surface area contributed by atoms with Crippen LogP contribution in [0.25, 0.3) is 11.1 Å². The molecule has 2 rings (SSSR count). The van der Waals surface area contributed by atoms with Crippen LogP contribution in [0.4, 0.5) is 0 Å². The van der Waals surface area contributed by atoms with Crippen LogP contribution in [-0.2, 0) is 9.59 Å². The Kier molecular flexibility index (Phi) is 3.71. The summed E-state index contributed by atoms with van der Waals surface area (Å²) in [7, 11) is 0. The number of nitrogens with zero attached hydrogens (tertiary/aromatic N) is 1. The normalized spacial score (nSPS) is 13.3. The summed E-state index contributed by atoms with van der Waals surface area (Å²) in [6.45, 7) is 2.73. The maximum absolute atomic E-state index is 11.3. The van der Waals surface area contributed by atoms with Gasteiger partial charge in [-0.3, -0.25) is 9.59 Å². The van der Waals surface area contributed by atoms with Gasteiger partial charge in [0.05, 0.1) is 5.41 Å². The third kappa shape index (κ3) is 2.62. The first-order valence-electron chi connectivity index (χ1n) is 5.81. The molecule has 1 unspecified atom stereocenters. The number of thioether (sulfide) groups is 1. The molecule has 0 amide bonds. The summed E-state index contributed by atoms with van der Waals surface area (Å²) in [5.74, 6) is -2.40. The van der Waals surface area contributed by atoms with Gasteiger partial charge in [0.25, 0.3) is 5.22 Å². The molecule has 0 saturated heterocycles. The summed E-state index contributed by atoms with van der Waals surface area (Å²) in [4.78, 5) is 26.7. The predicted molar refractivity (Wildman–Crippen MR) is 72.7 cm³/mol. The van der Waals surface area contributed by atoms with Crippen molar-refractivity contribution in [3.63, 3.8) is 0 Å². The largest absolute Gasteiger partial charge is 0.481 e. The molecule has 0 saturated carbocycles. The summed E-state index contributed by atoms with van der Waals surface area (Å²) >= 11 is 0.800. The van der Waals surface area contributed by atoms with Crippen LogP contribution in [0.15, 0.2) is 33.9 Å². The molecule has 20 heavy (non-hydrogen) atoms. The highest BCUT2D eigenvalue weighted by molar-refractivity contribution is 8.00. The molecular formula is C13H13NO5S. The molecule has 0 spiro atoms. The van der Waals surface area contributed by atoms with Gasteiger partial charge in [-0.05, 0) is 26.0 Å². The van der Waals surface area contributed by atoms with Crippen LogP contribution in [0.5, 0.6) is 0 Å². The highest BCUT2D eigenvalue weighted by Crippen LogP contribution is 2.36. The summed E-state index contributed by atoms with van der Waals surface area (Å²) in [5.41, 5.74) is -0.309. The Morgan fingerprint density at radius 3 is 2.50 bits per heavy atom. The van der Waals surface area contributed by atoms with Crippen molar-refractivity contribution in [2.24, 2.45) is 5.41 Å². The maximum Gasteiger partial charge on any atom is 0.318 e. The molecule has 0 aliphatic heterocycles. The Hall–Kier alpha value is -2.02. The molecule has 0 radical (unpaired) electrons. The van der Waals surface area contributed by atoms with E-state index in [1.165, 1.54) is 13.8 Å². The van der Waals surface area contributed by atoms with Gasteiger partial charge in [-0.15, -0.1) is 0 Å². The minimum absolute atomic E-state index is 0.146. The SMILES string of the molecule is CC(C)(C(=O)O)C(Sc1nc2ccccc2o1)C(=O)O. The first-order valence-corrected chi connectivity index (χ1v) is 6.69. The van der Waals surface area contributed by atoms with Gasteiger partial charge in [0.15, 0.2) is 5.58 Å². The van der Waals surface area contributed by atoms with Crippen LogP contribution in [0.2, 0.25) is 0 Å². The third-order valence-electron chi connectivity index (χ3n) is 2.92. The van der Waals surface area contributed by atoms with Gasteiger partial charge in [0.1, 0.15) is 10.8 Å². The smallest absolute Gasteiger partial charge is 0.318 e. The number of carbonyl (C=O) groups is 2. The number of aliphatic carboxylic acids is 2. The summed E-state index contributed by atoms with van der Waals surface area (Å²) in [6.07, 6.45) is 0. The number of carboxylic acid groups (broad SMARTS) is 2. The highest BCUT2D eigenvalue weighted by atomic mass is 32.2. The van der Waals surface area contributed by atoms with Gasteiger partial charge in [-0.25, -0.2) is 4.98 Å². The quantitative estimate of drug-likeness (QED) is 0.817. The van der Waals surface area contributed by atoms with Crippen LogP contribution >= 0.6 is 11.8 Å². The number of aromatic nitrogens is 1. The summed E-state index contributed by atoms with van der Waals surface area (Å²) in [5, 5.41) is 17.3. The van der Waals surface area contributed by atoms with Crippen molar-refractivity contribution in [2.45, 2.75) is 24.3 Å². The van der Waals surface area contributed by atoms with Crippen LogP contribution in [-0.4, -0.2) is 32.4 Å². The van der Waals surface area contributed by atoms with E-state index in [0.717, 1.165) is 11.8 Å². The molecule has 0 aliphatic rings. The van der Waals surface area contributed by atoms with Crippen LogP contribution in [0, 0.1) is 5.41 Å². The maximum atomic E-state index is 11.3. The van der Waals surface area contributed by atoms with Crippen LogP contribution < -0.4 is 0 Å². The number of carboxylic acids is 2. The molecule has 1 aromatic heterocycles. The number of benzene rings is 1. The number of hydrogen-bond donors (Lipinski definition) is 2. The van der Waals surface area contributed by atoms with Crippen molar-refractivity contribution in [3.8, 4) is 0 Å². The third-order valence-corrected chi connectivity index (χ3v) is 4.33. The zero-order chi connectivity index (χ0) is 14.9. The molecule has 106 valence electrons. The molecule has 2 aromatic rings. The van der Waals surface area contributed by atoms with Crippen molar-refractivity contribution in [2.75, 3.05) is 0 Å². The number of fused-ring (bicyclic) bond motifs is 1. The second-order valence-electron chi connectivity index (χ2n) is 4.81. The van der Waals surface area contributed by atoms with E-state index in [4.69, 9.17) is 9.52 Å². The average Bonchev–Trinajstić information content (AvgIpc) is 2.77. The molecule has 1 aromatic carbocycles. The van der Waals surface area contributed by atoms with Gasteiger partial charge in [-0.2, -0.15) is 0 Å². The number of rotatable bonds is 5. The monoisotopic (exact) mass is 295 g/mol. The van der Waals surface area contributed by atoms with Gasteiger partial charge in [0, 0.05) is 0 Å². The molecule has 2 N–H and O–H groups in total. The van der Waals surface area contributed by atoms with E-state index < -0.39 is 22.6 Å². The van der Waals surface area contributed by atoms with Crippen LogP contribution in [0.3, 0.4) is 0 Å². The van der Waals surface area contributed by atoms with Gasteiger partial charge in [-0.1, -0.05) is 23.9 Å². The first-order chi connectivity index (χ1) is 9.32. The summed E-state index contributed by atoms with van der Waals surface area (Å²) < 4.78 is 5.42. The van der Waals surface area contributed by atoms with Gasteiger partial charge in [0.2, 0.25) is 0 Å². The molecule has 0 bridgehead atoms. The molecule has 6 nitrogen and oxygen atoms in total. The van der Waals surface area contributed by atoms with Crippen LogP contribution in [0.1, 0.15) is 13.8 Å². The first kappa shape index (κ1) is 14.4. The lowest BCUT2D eigenvalue weighted by atomic mass is 9.89. The standard InChI is InChI=1S/C13H13NO5S/c1-13(2,11(17)18)9(10(15)16)20-12-14-7-5-3-4-6-8(7)19-12/h3-6,9H,1-2H3,(H,15,16)(H,17,18). The minimum Gasteiger partial charge on any atom is -0.481 e. The van der Waals surface area contributed by atoms with E-state index in [-0.39, 0.29) is 5.22 Å². The van der Waals surface area contributed by atoms with E-state index in [1.54, 1.807) is 24.3 Å². The minimum atomic E-state index is -1.45. The lowest BCUT2D eigenvalue weighted by Crippen LogP contribution is -2.40. The molecular weight excluding hydrogens is 282 g/mol. The lowest BCUT2D eigenvalue weighted by Gasteiger charge is -2.24. The fourth-order valence-corrected chi connectivity index (χ4v) is 2.61. The van der Waals surface area contributed by atoms with Gasteiger partial charge < -0.3 is 14.6 Å². The number of hydrogen-bond acceptors (Lipinski definition) is 5. The zero-order valence-electron chi connectivity index (χ0n) is 10.9. The van der Waals surface area contributed by atoms with E-state index in [2.05, 4.69) is 4.98 Å². The fourth-order valence-electron chi connectivity index (χ4n) is 1.62. The van der Waals surface area contributed by atoms with E-state index in [0.29, 0.717) is 11.1 Å². The fraction of sp³-hybridized carbons (Fsp3) is 0.308. The van der Waals surface area contributed by atoms with Crippen molar-refractivity contribution in [1.29, 1.82) is 0 Å². The van der Waals surface area contributed by atoms with Crippen molar-refractivity contribution >= 4 is 34.8 Å². The Balaban J connectivity index is 2.33. The van der Waals surface area contributed by atoms with Crippen molar-refractivity contribution in [1.82, 2.24) is 4.98 Å². The second kappa shape index (κ2) is 5.16. The van der Waals surface area contributed by atoms with Gasteiger partial charge >= 0.3 is 11.9 Å². The molecule has 1 heterocycles. The number of para-hydroxylation sites is 2. The Morgan fingerprint density at radius 1 is 1.30 bits per heavy atom. The molecule has 7 heteroatoms. The van der Waals surface area contributed by atoms with E-state index >= 15 is 0 Å². The zero-order valence-corrected chi connectivity index (χ0v) is 11.7. The number of oxazole rings is 1. The van der Waals surface area contributed by atoms with E-state index in [1.807, 2.05) is 0 Å². The Morgan fingerprint density at radius 2 is 1.95 bits per heavy atom. The predicted octanol–water partition coefficient (Wildman–Crippen LogP) is 2.48.